The van der Waals surface area contributed by atoms with Gasteiger partial charge in [-0.3, -0.25) is 9.52 Å². The third-order valence-corrected chi connectivity index (χ3v) is 6.53. The lowest BCUT2D eigenvalue weighted by atomic mass is 10.1. The van der Waals surface area contributed by atoms with Crippen LogP contribution in [0.25, 0.3) is 0 Å². The van der Waals surface area contributed by atoms with Crippen LogP contribution in [0, 0.1) is 5.82 Å². The summed E-state index contributed by atoms with van der Waals surface area (Å²) in [5, 5.41) is 2.92. The number of halogens is 1. The first-order chi connectivity index (χ1) is 15.8. The largest absolute Gasteiger partial charge is 0.375 e. The quantitative estimate of drug-likeness (QED) is 0.413. The van der Waals surface area contributed by atoms with Gasteiger partial charge in [-0.15, -0.1) is 0 Å². The van der Waals surface area contributed by atoms with Crippen molar-refractivity contribution >= 4 is 27.3 Å². The lowest BCUT2D eigenvalue weighted by Crippen LogP contribution is -2.27. The van der Waals surface area contributed by atoms with E-state index in [9.17, 15) is 17.6 Å². The number of amides is 1. The maximum atomic E-state index is 13.0. The third kappa shape index (κ3) is 7.61. The van der Waals surface area contributed by atoms with Gasteiger partial charge in [0.15, 0.2) is 0 Å². The molecule has 33 heavy (non-hydrogen) atoms. The van der Waals surface area contributed by atoms with Gasteiger partial charge in [-0.05, 0) is 66.9 Å². The number of para-hydroxylation sites is 1. The molecule has 0 saturated heterocycles. The van der Waals surface area contributed by atoms with E-state index in [1.165, 1.54) is 17.8 Å². The number of sulfonamides is 1. The molecule has 0 radical (unpaired) electrons. The first kappa shape index (κ1) is 24.3. The second-order valence-electron chi connectivity index (χ2n) is 7.75. The van der Waals surface area contributed by atoms with Gasteiger partial charge >= 0.3 is 0 Å². The monoisotopic (exact) mass is 469 g/mol. The summed E-state index contributed by atoms with van der Waals surface area (Å²) in [4.78, 5) is 14.4. The molecule has 6 nitrogen and oxygen atoms in total. The average Bonchev–Trinajstić information content (AvgIpc) is 2.80. The molecule has 3 aromatic carbocycles. The SMILES string of the molecule is CN(CCCCNC(=O)Cc1ccc(NS(=O)(=O)c2ccc(F)cc2)cc1)c1ccccc1. The molecule has 8 heteroatoms. The molecule has 1 amide bonds. The number of carbonyl (C=O) groups is 1. The highest BCUT2D eigenvalue weighted by Crippen LogP contribution is 2.17. The smallest absolute Gasteiger partial charge is 0.261 e. The van der Waals surface area contributed by atoms with Crippen LogP contribution in [0.5, 0.6) is 0 Å². The van der Waals surface area contributed by atoms with E-state index in [1.54, 1.807) is 24.3 Å². The Balaban J connectivity index is 1.39. The van der Waals surface area contributed by atoms with E-state index < -0.39 is 15.8 Å². The molecule has 0 atom stereocenters. The molecule has 0 aliphatic carbocycles. The van der Waals surface area contributed by atoms with E-state index in [1.807, 2.05) is 18.2 Å². The van der Waals surface area contributed by atoms with Crippen LogP contribution in [-0.4, -0.2) is 34.5 Å². The second kappa shape index (κ2) is 11.5. The van der Waals surface area contributed by atoms with Gasteiger partial charge in [-0.2, -0.15) is 0 Å². The second-order valence-corrected chi connectivity index (χ2v) is 9.43. The maximum absolute atomic E-state index is 13.0. The minimum Gasteiger partial charge on any atom is -0.375 e. The molecule has 0 saturated carbocycles. The van der Waals surface area contributed by atoms with E-state index in [4.69, 9.17) is 0 Å². The van der Waals surface area contributed by atoms with Crippen LogP contribution < -0.4 is 14.9 Å². The van der Waals surface area contributed by atoms with Crippen molar-refractivity contribution in [1.29, 1.82) is 0 Å². The highest BCUT2D eigenvalue weighted by atomic mass is 32.2. The molecule has 0 heterocycles. The normalized spacial score (nSPS) is 11.1. The number of anilines is 2. The summed E-state index contributed by atoms with van der Waals surface area (Å²) in [5.74, 6) is -0.581. The number of nitrogens with one attached hydrogen (secondary N) is 2. The maximum Gasteiger partial charge on any atom is 0.261 e. The number of nitrogens with zero attached hydrogens (tertiary/aromatic N) is 1. The van der Waals surface area contributed by atoms with Gasteiger partial charge in [0.25, 0.3) is 10.0 Å². The Morgan fingerprint density at radius 3 is 2.24 bits per heavy atom. The zero-order chi connectivity index (χ0) is 23.7. The van der Waals surface area contributed by atoms with Crippen LogP contribution in [0.2, 0.25) is 0 Å². The predicted octanol–water partition coefficient (Wildman–Crippen LogP) is 4.20. The Kier molecular flexibility index (Phi) is 8.43. The summed E-state index contributed by atoms with van der Waals surface area (Å²) >= 11 is 0. The summed E-state index contributed by atoms with van der Waals surface area (Å²) in [6.45, 7) is 1.52. The van der Waals surface area contributed by atoms with Gasteiger partial charge in [0.2, 0.25) is 5.91 Å². The van der Waals surface area contributed by atoms with Crippen molar-refractivity contribution in [2.24, 2.45) is 0 Å². The van der Waals surface area contributed by atoms with E-state index in [2.05, 4.69) is 34.1 Å². The van der Waals surface area contributed by atoms with Crippen molar-refractivity contribution in [2.75, 3.05) is 29.8 Å². The average molecular weight is 470 g/mol. The molecule has 0 aliphatic heterocycles. The van der Waals surface area contributed by atoms with Crippen molar-refractivity contribution in [3.8, 4) is 0 Å². The van der Waals surface area contributed by atoms with Crippen molar-refractivity contribution in [1.82, 2.24) is 5.32 Å². The van der Waals surface area contributed by atoms with Crippen molar-refractivity contribution in [2.45, 2.75) is 24.2 Å². The molecule has 0 bridgehead atoms. The summed E-state index contributed by atoms with van der Waals surface area (Å²) in [6.07, 6.45) is 2.07. The summed E-state index contributed by atoms with van der Waals surface area (Å²) in [7, 11) is -1.75. The lowest BCUT2D eigenvalue weighted by molar-refractivity contribution is -0.120. The Labute approximate surface area is 194 Å². The Hall–Kier alpha value is -3.39. The molecule has 0 aromatic heterocycles. The predicted molar refractivity (Wildman–Crippen MR) is 129 cm³/mol. The Bertz CT molecular complexity index is 1140. The van der Waals surface area contributed by atoms with E-state index >= 15 is 0 Å². The Morgan fingerprint density at radius 2 is 1.58 bits per heavy atom. The fourth-order valence-electron chi connectivity index (χ4n) is 3.28. The van der Waals surface area contributed by atoms with Crippen LogP contribution in [-0.2, 0) is 21.2 Å². The Morgan fingerprint density at radius 1 is 0.909 bits per heavy atom. The van der Waals surface area contributed by atoms with Crippen LogP contribution >= 0.6 is 0 Å². The van der Waals surface area contributed by atoms with E-state index in [-0.39, 0.29) is 17.2 Å². The molecule has 3 aromatic rings. The fraction of sp³-hybridized carbons (Fsp3) is 0.240. The van der Waals surface area contributed by atoms with Gasteiger partial charge in [-0.25, -0.2) is 12.8 Å². The number of rotatable bonds is 11. The summed E-state index contributed by atoms with van der Waals surface area (Å²) in [5.41, 5.74) is 2.32. The molecule has 0 aliphatic rings. The molecular weight excluding hydrogens is 441 g/mol. The van der Waals surface area contributed by atoms with Crippen LogP contribution in [0.15, 0.2) is 83.8 Å². The van der Waals surface area contributed by atoms with Gasteiger partial charge in [-0.1, -0.05) is 30.3 Å². The molecule has 174 valence electrons. The highest BCUT2D eigenvalue weighted by molar-refractivity contribution is 7.92. The number of hydrogen-bond donors (Lipinski definition) is 2. The van der Waals surface area contributed by atoms with Crippen LogP contribution in [0.4, 0.5) is 15.8 Å². The highest BCUT2D eigenvalue weighted by Gasteiger charge is 2.14. The number of carbonyl (C=O) groups excluding carboxylic acids is 1. The minimum absolute atomic E-state index is 0.0256. The number of unbranched alkanes of at least 4 members (excludes halogenated alkanes) is 1. The van der Waals surface area contributed by atoms with Crippen LogP contribution in [0.1, 0.15) is 18.4 Å². The zero-order valence-corrected chi connectivity index (χ0v) is 19.3. The van der Waals surface area contributed by atoms with E-state index in [0.29, 0.717) is 12.2 Å². The third-order valence-electron chi connectivity index (χ3n) is 5.13. The summed E-state index contributed by atoms with van der Waals surface area (Å²) < 4.78 is 40.2. The molecule has 2 N–H and O–H groups in total. The van der Waals surface area contributed by atoms with Crippen LogP contribution in [0.3, 0.4) is 0 Å². The lowest BCUT2D eigenvalue weighted by Gasteiger charge is -2.19. The number of hydrogen-bond acceptors (Lipinski definition) is 4. The fourth-order valence-corrected chi connectivity index (χ4v) is 4.34. The summed E-state index contributed by atoms with van der Waals surface area (Å²) in [6, 6.07) is 21.4. The topological polar surface area (TPSA) is 78.5 Å². The molecule has 0 spiro atoms. The first-order valence-electron chi connectivity index (χ1n) is 10.7. The standard InChI is InChI=1S/C25H28FN3O3S/c1-29(23-7-3-2-4-8-23)18-6-5-17-27-25(30)19-20-9-13-22(14-10-20)28-33(31,32)24-15-11-21(26)12-16-24/h2-4,7-16,28H,5-6,17-19H2,1H3,(H,27,30). The van der Waals surface area contributed by atoms with Gasteiger partial charge in [0, 0.05) is 31.5 Å². The molecular formula is C25H28FN3O3S. The molecule has 0 fully saturated rings. The minimum atomic E-state index is -3.81. The first-order valence-corrected chi connectivity index (χ1v) is 12.2. The van der Waals surface area contributed by atoms with Crippen molar-refractivity contribution in [3.63, 3.8) is 0 Å². The van der Waals surface area contributed by atoms with Gasteiger partial charge in [0.1, 0.15) is 5.82 Å². The number of benzene rings is 3. The van der Waals surface area contributed by atoms with Gasteiger partial charge < -0.3 is 10.2 Å². The molecule has 0 unspecified atom stereocenters. The van der Waals surface area contributed by atoms with Crippen molar-refractivity contribution in [3.05, 3.63) is 90.2 Å². The van der Waals surface area contributed by atoms with E-state index in [0.717, 1.165) is 37.1 Å². The van der Waals surface area contributed by atoms with Crippen molar-refractivity contribution < 1.29 is 17.6 Å². The zero-order valence-electron chi connectivity index (χ0n) is 18.5. The van der Waals surface area contributed by atoms with Gasteiger partial charge in [0.05, 0.1) is 11.3 Å². The molecule has 3 rings (SSSR count).